The van der Waals surface area contributed by atoms with Gasteiger partial charge in [-0.2, -0.15) is 0 Å². The normalized spacial score (nSPS) is 12.2. The van der Waals surface area contributed by atoms with Crippen LogP contribution in [0.1, 0.15) is 19.5 Å². The zero-order valence-corrected chi connectivity index (χ0v) is 20.8. The number of aromatic nitrogens is 1. The molecule has 1 N–H and O–H groups in total. The highest BCUT2D eigenvalue weighted by atomic mass is 16.5. The van der Waals surface area contributed by atoms with Crippen LogP contribution in [0.4, 0.5) is 11.4 Å². The molecular weight excluding hydrogens is 466 g/mol. The lowest BCUT2D eigenvalue weighted by molar-refractivity contribution is -0.124. The van der Waals surface area contributed by atoms with Crippen LogP contribution in [-0.2, 0) is 16.1 Å². The van der Waals surface area contributed by atoms with E-state index in [9.17, 15) is 9.59 Å². The van der Waals surface area contributed by atoms with Crippen molar-refractivity contribution in [1.29, 1.82) is 0 Å². The third-order valence-electron chi connectivity index (χ3n) is 5.59. The minimum Gasteiger partial charge on any atom is -0.481 e. The summed E-state index contributed by atoms with van der Waals surface area (Å²) in [5, 5.41) is 2.86. The van der Waals surface area contributed by atoms with Crippen LogP contribution in [0, 0.1) is 0 Å². The maximum absolute atomic E-state index is 13.5. The molecule has 4 aromatic rings. The van der Waals surface area contributed by atoms with Gasteiger partial charge in [-0.05, 0) is 74.5 Å². The standard InChI is InChI=1S/C30H29N3O4/c1-22(36-27-12-5-3-6-13-27)29(34)32-24-16-18-26(19-17-24)33(21-25-11-9-10-20-31-25)30(35)23(2)37-28-14-7-4-8-15-28/h3-20,22-23H,21H2,1-2H3,(H,32,34)/t22-,23-/m1/s1. The van der Waals surface area contributed by atoms with Gasteiger partial charge in [0.15, 0.2) is 12.2 Å². The molecule has 0 unspecified atom stereocenters. The third kappa shape index (κ3) is 7.18. The van der Waals surface area contributed by atoms with Crippen molar-refractivity contribution >= 4 is 23.2 Å². The molecule has 2 amide bonds. The molecule has 0 aliphatic carbocycles. The van der Waals surface area contributed by atoms with Gasteiger partial charge in [0.05, 0.1) is 12.2 Å². The van der Waals surface area contributed by atoms with Gasteiger partial charge < -0.3 is 19.7 Å². The van der Waals surface area contributed by atoms with E-state index in [-0.39, 0.29) is 18.4 Å². The Bertz CT molecular complexity index is 1280. The molecule has 3 aromatic carbocycles. The summed E-state index contributed by atoms with van der Waals surface area (Å²) < 4.78 is 11.6. The van der Waals surface area contributed by atoms with Crippen LogP contribution in [0.5, 0.6) is 11.5 Å². The summed E-state index contributed by atoms with van der Waals surface area (Å²) in [7, 11) is 0. The van der Waals surface area contributed by atoms with Gasteiger partial charge in [0.1, 0.15) is 11.5 Å². The third-order valence-corrected chi connectivity index (χ3v) is 5.59. The number of carbonyl (C=O) groups is 2. The van der Waals surface area contributed by atoms with Gasteiger partial charge in [0.25, 0.3) is 11.8 Å². The molecule has 0 bridgehead atoms. The van der Waals surface area contributed by atoms with E-state index in [0.29, 0.717) is 22.9 Å². The number of benzene rings is 3. The topological polar surface area (TPSA) is 80.8 Å². The molecule has 2 atom stereocenters. The van der Waals surface area contributed by atoms with Crippen LogP contribution in [-0.4, -0.2) is 29.0 Å². The summed E-state index contributed by atoms with van der Waals surface area (Å²) in [4.78, 5) is 32.1. The van der Waals surface area contributed by atoms with E-state index in [1.165, 1.54) is 0 Å². The Balaban J connectivity index is 1.47. The van der Waals surface area contributed by atoms with Gasteiger partial charge in [-0.15, -0.1) is 0 Å². The molecule has 37 heavy (non-hydrogen) atoms. The number of carbonyl (C=O) groups excluding carboxylic acids is 2. The molecule has 1 heterocycles. The minimum atomic E-state index is -0.721. The van der Waals surface area contributed by atoms with Gasteiger partial charge >= 0.3 is 0 Å². The van der Waals surface area contributed by atoms with Crippen molar-refractivity contribution in [2.24, 2.45) is 0 Å². The maximum atomic E-state index is 13.5. The lowest BCUT2D eigenvalue weighted by atomic mass is 10.2. The summed E-state index contributed by atoms with van der Waals surface area (Å²) in [5.41, 5.74) is 1.99. The van der Waals surface area contributed by atoms with E-state index in [0.717, 1.165) is 5.69 Å². The summed E-state index contributed by atoms with van der Waals surface area (Å²) in [6.07, 6.45) is 0.293. The van der Waals surface area contributed by atoms with Crippen molar-refractivity contribution in [3.8, 4) is 11.5 Å². The van der Waals surface area contributed by atoms with Crippen molar-refractivity contribution in [2.45, 2.75) is 32.6 Å². The van der Waals surface area contributed by atoms with Gasteiger partial charge in [0.2, 0.25) is 0 Å². The number of pyridine rings is 1. The number of hydrogen-bond acceptors (Lipinski definition) is 5. The fourth-order valence-electron chi connectivity index (χ4n) is 3.65. The highest BCUT2D eigenvalue weighted by Crippen LogP contribution is 2.23. The number of nitrogens with zero attached hydrogens (tertiary/aromatic N) is 2. The second kappa shape index (κ2) is 12.4. The Morgan fingerprint density at radius 2 is 1.32 bits per heavy atom. The molecule has 7 heteroatoms. The molecule has 0 saturated heterocycles. The number of ether oxygens (including phenoxy) is 2. The molecule has 0 spiro atoms. The molecule has 188 valence electrons. The first-order chi connectivity index (χ1) is 18.0. The Morgan fingerprint density at radius 3 is 1.89 bits per heavy atom. The Labute approximate surface area is 216 Å². The molecule has 4 rings (SSSR count). The monoisotopic (exact) mass is 495 g/mol. The molecule has 7 nitrogen and oxygen atoms in total. The summed E-state index contributed by atoms with van der Waals surface area (Å²) in [6, 6.07) is 31.1. The van der Waals surface area contributed by atoms with Crippen molar-refractivity contribution in [3.05, 3.63) is 115 Å². The first kappa shape index (κ1) is 25.4. The first-order valence-electron chi connectivity index (χ1n) is 12.1. The first-order valence-corrected chi connectivity index (χ1v) is 12.1. The van der Waals surface area contributed by atoms with Gasteiger partial charge in [-0.25, -0.2) is 0 Å². The SMILES string of the molecule is C[C@@H](Oc1ccccc1)C(=O)Nc1ccc(N(Cc2ccccn2)C(=O)[C@@H](C)Oc2ccccc2)cc1. The van der Waals surface area contributed by atoms with E-state index in [1.807, 2.05) is 66.7 Å². The summed E-state index contributed by atoms with van der Waals surface area (Å²) in [6.45, 7) is 3.69. The highest BCUT2D eigenvalue weighted by molar-refractivity contribution is 5.97. The van der Waals surface area contributed by atoms with Crippen molar-refractivity contribution < 1.29 is 19.1 Å². The van der Waals surface area contributed by atoms with E-state index >= 15 is 0 Å². The zero-order valence-electron chi connectivity index (χ0n) is 20.8. The Hall–Kier alpha value is -4.65. The average Bonchev–Trinajstić information content (AvgIpc) is 2.93. The largest absolute Gasteiger partial charge is 0.481 e. The predicted molar refractivity (Wildman–Crippen MR) is 144 cm³/mol. The Kier molecular flexibility index (Phi) is 8.49. The fraction of sp³-hybridized carbons (Fsp3) is 0.167. The quantitative estimate of drug-likeness (QED) is 0.315. The number of anilines is 2. The molecule has 0 radical (unpaired) electrons. The van der Waals surface area contributed by atoms with E-state index in [1.54, 1.807) is 61.3 Å². The van der Waals surface area contributed by atoms with Crippen LogP contribution < -0.4 is 19.7 Å². The smallest absolute Gasteiger partial charge is 0.268 e. The molecule has 0 aliphatic heterocycles. The number of amides is 2. The van der Waals surface area contributed by atoms with Crippen LogP contribution in [0.25, 0.3) is 0 Å². The minimum absolute atomic E-state index is 0.212. The lowest BCUT2D eigenvalue weighted by Gasteiger charge is -2.26. The number of nitrogens with one attached hydrogen (secondary N) is 1. The second-order valence-corrected chi connectivity index (χ2v) is 8.43. The maximum Gasteiger partial charge on any atom is 0.268 e. The van der Waals surface area contributed by atoms with Crippen LogP contribution >= 0.6 is 0 Å². The highest BCUT2D eigenvalue weighted by Gasteiger charge is 2.24. The van der Waals surface area contributed by atoms with E-state index in [2.05, 4.69) is 10.3 Å². The zero-order chi connectivity index (χ0) is 26.0. The number of rotatable bonds is 10. The number of hydrogen-bond donors (Lipinski definition) is 1. The van der Waals surface area contributed by atoms with E-state index in [4.69, 9.17) is 9.47 Å². The summed E-state index contributed by atoms with van der Waals surface area (Å²) >= 11 is 0. The molecule has 0 fully saturated rings. The van der Waals surface area contributed by atoms with Gasteiger partial charge in [-0.1, -0.05) is 42.5 Å². The Morgan fingerprint density at radius 1 is 0.757 bits per heavy atom. The molecule has 0 aliphatic rings. The molecule has 0 saturated carbocycles. The number of para-hydroxylation sites is 2. The van der Waals surface area contributed by atoms with Crippen molar-refractivity contribution in [1.82, 2.24) is 4.98 Å². The lowest BCUT2D eigenvalue weighted by Crippen LogP contribution is -2.40. The predicted octanol–water partition coefficient (Wildman–Crippen LogP) is 5.49. The van der Waals surface area contributed by atoms with Gasteiger partial charge in [-0.3, -0.25) is 14.6 Å². The second-order valence-electron chi connectivity index (χ2n) is 8.43. The molecular formula is C30H29N3O4. The summed E-state index contributed by atoms with van der Waals surface area (Å²) in [5.74, 6) is 0.751. The molecule has 1 aromatic heterocycles. The van der Waals surface area contributed by atoms with Crippen LogP contribution in [0.3, 0.4) is 0 Å². The van der Waals surface area contributed by atoms with Crippen molar-refractivity contribution in [3.63, 3.8) is 0 Å². The fourth-order valence-corrected chi connectivity index (χ4v) is 3.65. The van der Waals surface area contributed by atoms with Gasteiger partial charge in [0, 0.05) is 17.6 Å². The van der Waals surface area contributed by atoms with E-state index < -0.39 is 12.2 Å². The average molecular weight is 496 g/mol. The van der Waals surface area contributed by atoms with Crippen LogP contribution in [0.15, 0.2) is 109 Å². The van der Waals surface area contributed by atoms with Crippen LogP contribution in [0.2, 0.25) is 0 Å². The van der Waals surface area contributed by atoms with Crippen molar-refractivity contribution in [2.75, 3.05) is 10.2 Å².